The van der Waals surface area contributed by atoms with Gasteiger partial charge in [0.25, 0.3) is 0 Å². The zero-order chi connectivity index (χ0) is 12.5. The van der Waals surface area contributed by atoms with Gasteiger partial charge in [0.1, 0.15) is 0 Å². The van der Waals surface area contributed by atoms with Gasteiger partial charge in [-0.25, -0.2) is 0 Å². The number of carbonyl (C=O) groups excluding carboxylic acids is 1. The van der Waals surface area contributed by atoms with Crippen molar-refractivity contribution in [3.8, 4) is 0 Å². The molecule has 1 fully saturated rings. The molecule has 1 aliphatic carbocycles. The molecule has 1 heterocycles. The third-order valence-corrected chi connectivity index (χ3v) is 4.00. The van der Waals surface area contributed by atoms with E-state index in [1.807, 2.05) is 16.8 Å². The fourth-order valence-corrected chi connectivity index (χ4v) is 2.54. The lowest BCUT2D eigenvalue weighted by atomic mass is 9.96. The number of rotatable bonds is 5. The number of thiophene rings is 1. The van der Waals surface area contributed by atoms with Crippen molar-refractivity contribution in [2.24, 2.45) is 11.7 Å². The monoisotopic (exact) mass is 254 g/mol. The van der Waals surface area contributed by atoms with Gasteiger partial charge in [0.2, 0.25) is 5.91 Å². The van der Waals surface area contributed by atoms with Gasteiger partial charge in [0.05, 0.1) is 11.6 Å². The van der Waals surface area contributed by atoms with E-state index < -0.39 is 11.6 Å². The molecule has 4 N–H and O–H groups in total. The highest BCUT2D eigenvalue weighted by molar-refractivity contribution is 7.07. The first-order valence-electron chi connectivity index (χ1n) is 5.79. The molecule has 0 saturated heterocycles. The highest BCUT2D eigenvalue weighted by Crippen LogP contribution is 2.38. The lowest BCUT2D eigenvalue weighted by molar-refractivity contribution is -0.127. The number of hydrogen-bond acceptors (Lipinski definition) is 4. The summed E-state index contributed by atoms with van der Waals surface area (Å²) < 4.78 is 0. The van der Waals surface area contributed by atoms with Gasteiger partial charge >= 0.3 is 0 Å². The molecule has 1 saturated carbocycles. The van der Waals surface area contributed by atoms with Crippen LogP contribution in [0.1, 0.15) is 31.4 Å². The number of aliphatic hydroxyl groups excluding tert-OH is 1. The lowest BCUT2D eigenvalue weighted by Gasteiger charge is -2.23. The predicted molar refractivity (Wildman–Crippen MR) is 67.6 cm³/mol. The summed E-state index contributed by atoms with van der Waals surface area (Å²) in [4.78, 5) is 11.9. The number of carbonyl (C=O) groups is 1. The van der Waals surface area contributed by atoms with Crippen molar-refractivity contribution in [2.75, 3.05) is 6.54 Å². The first-order chi connectivity index (χ1) is 8.01. The topological polar surface area (TPSA) is 75.4 Å². The number of aliphatic hydroxyl groups is 1. The molecule has 5 heteroatoms. The molecule has 0 radical (unpaired) electrons. The maximum absolute atomic E-state index is 11.9. The minimum Gasteiger partial charge on any atom is -0.387 e. The minimum absolute atomic E-state index is 0.172. The van der Waals surface area contributed by atoms with Gasteiger partial charge in [-0.05, 0) is 48.1 Å². The summed E-state index contributed by atoms with van der Waals surface area (Å²) in [7, 11) is 0. The van der Waals surface area contributed by atoms with E-state index in [1.165, 1.54) is 11.3 Å². The van der Waals surface area contributed by atoms with Gasteiger partial charge in [0.15, 0.2) is 0 Å². The molecule has 0 bridgehead atoms. The van der Waals surface area contributed by atoms with Gasteiger partial charge in [-0.2, -0.15) is 11.3 Å². The molecule has 1 amide bonds. The van der Waals surface area contributed by atoms with Gasteiger partial charge in [-0.15, -0.1) is 0 Å². The Hall–Kier alpha value is -0.910. The molecule has 0 aliphatic heterocycles. The van der Waals surface area contributed by atoms with E-state index >= 15 is 0 Å². The van der Waals surface area contributed by atoms with Crippen LogP contribution >= 0.6 is 11.3 Å². The molecule has 0 aromatic carbocycles. The number of nitrogens with one attached hydrogen (secondary N) is 1. The summed E-state index contributed by atoms with van der Waals surface area (Å²) in [5, 5.41) is 16.3. The smallest absolute Gasteiger partial charge is 0.240 e. The maximum Gasteiger partial charge on any atom is 0.240 e. The van der Waals surface area contributed by atoms with Crippen molar-refractivity contribution in [1.29, 1.82) is 0 Å². The Balaban J connectivity index is 1.84. The highest BCUT2D eigenvalue weighted by atomic mass is 32.1. The van der Waals surface area contributed by atoms with E-state index in [1.54, 1.807) is 6.92 Å². The van der Waals surface area contributed by atoms with E-state index in [0.717, 1.165) is 18.4 Å². The normalized spacial score (nSPS) is 20.6. The number of hydrogen-bond donors (Lipinski definition) is 3. The van der Waals surface area contributed by atoms with Gasteiger partial charge < -0.3 is 16.2 Å². The molecule has 1 aliphatic rings. The summed E-state index contributed by atoms with van der Waals surface area (Å²) in [6, 6.07) is 1.85. The van der Waals surface area contributed by atoms with Crippen molar-refractivity contribution in [1.82, 2.24) is 5.32 Å². The summed E-state index contributed by atoms with van der Waals surface area (Å²) in [6.45, 7) is 1.98. The SMILES string of the molecule is CC(N)(C(=O)NCC(O)c1ccsc1)C1CC1. The first kappa shape index (κ1) is 12.5. The van der Waals surface area contributed by atoms with Gasteiger partial charge in [-0.1, -0.05) is 0 Å². The molecule has 4 nitrogen and oxygen atoms in total. The largest absolute Gasteiger partial charge is 0.387 e. The Labute approximate surface area is 105 Å². The Morgan fingerprint density at radius 2 is 2.47 bits per heavy atom. The zero-order valence-electron chi connectivity index (χ0n) is 9.85. The van der Waals surface area contributed by atoms with Crippen molar-refractivity contribution in [3.05, 3.63) is 22.4 Å². The second-order valence-corrected chi connectivity index (χ2v) is 5.62. The summed E-state index contributed by atoms with van der Waals surface area (Å²) >= 11 is 1.53. The third kappa shape index (κ3) is 2.86. The molecule has 2 unspecified atom stereocenters. The quantitative estimate of drug-likeness (QED) is 0.734. The lowest BCUT2D eigenvalue weighted by Crippen LogP contribution is -2.54. The fourth-order valence-electron chi connectivity index (χ4n) is 1.83. The van der Waals surface area contributed by atoms with Crippen LogP contribution in [0.15, 0.2) is 16.8 Å². The van der Waals surface area contributed by atoms with E-state index in [2.05, 4.69) is 5.32 Å². The van der Waals surface area contributed by atoms with Crippen LogP contribution in [0.25, 0.3) is 0 Å². The van der Waals surface area contributed by atoms with Crippen molar-refractivity contribution < 1.29 is 9.90 Å². The molecular formula is C12H18N2O2S. The van der Waals surface area contributed by atoms with Crippen LogP contribution in [0.4, 0.5) is 0 Å². The van der Waals surface area contributed by atoms with E-state index in [9.17, 15) is 9.90 Å². The van der Waals surface area contributed by atoms with Crippen LogP contribution in [0.3, 0.4) is 0 Å². The van der Waals surface area contributed by atoms with Crippen LogP contribution in [-0.2, 0) is 4.79 Å². The van der Waals surface area contributed by atoms with Crippen molar-refractivity contribution in [2.45, 2.75) is 31.4 Å². The summed E-state index contributed by atoms with van der Waals surface area (Å²) in [6.07, 6.45) is 1.39. The average molecular weight is 254 g/mol. The summed E-state index contributed by atoms with van der Waals surface area (Å²) in [5.41, 5.74) is 6.02. The molecule has 17 heavy (non-hydrogen) atoms. The Kier molecular flexibility index (Phi) is 3.51. The predicted octanol–water partition coefficient (Wildman–Crippen LogP) is 1.03. The molecular weight excluding hydrogens is 236 g/mol. The van der Waals surface area contributed by atoms with Gasteiger partial charge in [-0.3, -0.25) is 4.79 Å². The molecule has 0 spiro atoms. The molecule has 1 aromatic rings. The van der Waals surface area contributed by atoms with Crippen molar-refractivity contribution >= 4 is 17.2 Å². The maximum atomic E-state index is 11.9. The Morgan fingerprint density at radius 3 is 3.00 bits per heavy atom. The first-order valence-corrected chi connectivity index (χ1v) is 6.73. The van der Waals surface area contributed by atoms with Gasteiger partial charge in [0, 0.05) is 6.54 Å². The van der Waals surface area contributed by atoms with Crippen LogP contribution in [0.5, 0.6) is 0 Å². The molecule has 2 rings (SSSR count). The van der Waals surface area contributed by atoms with Crippen LogP contribution in [-0.4, -0.2) is 23.1 Å². The van der Waals surface area contributed by atoms with E-state index in [4.69, 9.17) is 5.73 Å². The molecule has 94 valence electrons. The zero-order valence-corrected chi connectivity index (χ0v) is 10.7. The van der Waals surface area contributed by atoms with Crippen molar-refractivity contribution in [3.63, 3.8) is 0 Å². The average Bonchev–Trinajstić information content (AvgIpc) is 3.02. The Morgan fingerprint density at radius 1 is 1.76 bits per heavy atom. The second-order valence-electron chi connectivity index (χ2n) is 4.84. The van der Waals surface area contributed by atoms with Crippen LogP contribution in [0, 0.1) is 5.92 Å². The Bertz CT molecular complexity index is 385. The molecule has 2 atom stereocenters. The number of nitrogens with two attached hydrogens (primary N) is 1. The third-order valence-electron chi connectivity index (χ3n) is 3.30. The fraction of sp³-hybridized carbons (Fsp3) is 0.583. The second kappa shape index (κ2) is 4.76. The minimum atomic E-state index is -0.797. The highest BCUT2D eigenvalue weighted by Gasteiger charge is 2.43. The van der Waals surface area contributed by atoms with Crippen LogP contribution < -0.4 is 11.1 Å². The molecule has 1 aromatic heterocycles. The summed E-state index contributed by atoms with van der Waals surface area (Å²) in [5.74, 6) is 0.120. The van der Waals surface area contributed by atoms with Crippen LogP contribution in [0.2, 0.25) is 0 Å². The standard InChI is InChI=1S/C12H18N2O2S/c1-12(13,9-2-3-9)11(16)14-6-10(15)8-4-5-17-7-8/h4-5,7,9-10,15H,2-3,6,13H2,1H3,(H,14,16). The van der Waals surface area contributed by atoms with E-state index in [-0.39, 0.29) is 12.5 Å². The number of amides is 1. The van der Waals surface area contributed by atoms with E-state index in [0.29, 0.717) is 5.92 Å².